The standard InChI is InChI=1S/C7H11NO4S3/c9-6-5-14-7(13)8(6)3-1-2-4-15(10,11)12/h5,9H,1-4H2,(H,10,11,12). The van der Waals surface area contributed by atoms with Crippen molar-refractivity contribution >= 4 is 33.7 Å². The van der Waals surface area contributed by atoms with Crippen molar-refractivity contribution in [3.8, 4) is 5.88 Å². The lowest BCUT2D eigenvalue weighted by molar-refractivity contribution is 0.410. The van der Waals surface area contributed by atoms with Crippen LogP contribution in [0.4, 0.5) is 0 Å². The Bertz CT molecular complexity index is 473. The second kappa shape index (κ2) is 5.06. The summed E-state index contributed by atoms with van der Waals surface area (Å²) in [5.74, 6) is -0.164. The number of unbranched alkanes of at least 4 members (excludes halogenated alkanes) is 1. The molecular weight excluding hydrogens is 258 g/mol. The van der Waals surface area contributed by atoms with E-state index in [0.717, 1.165) is 0 Å². The Morgan fingerprint density at radius 3 is 2.60 bits per heavy atom. The predicted molar refractivity (Wildman–Crippen MR) is 60.5 cm³/mol. The van der Waals surface area contributed by atoms with Crippen LogP contribution in [-0.4, -0.2) is 28.4 Å². The zero-order valence-electron chi connectivity index (χ0n) is 7.79. The number of thiazole rings is 1. The van der Waals surface area contributed by atoms with E-state index >= 15 is 0 Å². The topological polar surface area (TPSA) is 79.5 Å². The van der Waals surface area contributed by atoms with Gasteiger partial charge in [-0.05, 0) is 25.1 Å². The molecule has 1 aromatic heterocycles. The number of rotatable bonds is 5. The van der Waals surface area contributed by atoms with Gasteiger partial charge in [0.2, 0.25) is 5.88 Å². The highest BCUT2D eigenvalue weighted by Crippen LogP contribution is 2.17. The van der Waals surface area contributed by atoms with E-state index in [1.165, 1.54) is 21.3 Å². The lowest BCUT2D eigenvalue weighted by atomic mass is 10.3. The number of aromatic hydroxyl groups is 1. The molecule has 15 heavy (non-hydrogen) atoms. The molecule has 0 saturated heterocycles. The molecule has 0 aliphatic carbocycles. The van der Waals surface area contributed by atoms with E-state index in [1.807, 2.05) is 0 Å². The first-order valence-corrected chi connectivity index (χ1v) is 7.12. The molecule has 0 aliphatic heterocycles. The van der Waals surface area contributed by atoms with Gasteiger partial charge in [-0.25, -0.2) is 0 Å². The molecule has 1 aromatic rings. The molecule has 8 heteroatoms. The third-order valence-corrected chi connectivity index (χ3v) is 3.86. The van der Waals surface area contributed by atoms with E-state index in [4.69, 9.17) is 16.8 Å². The monoisotopic (exact) mass is 269 g/mol. The van der Waals surface area contributed by atoms with Crippen molar-refractivity contribution in [3.05, 3.63) is 9.33 Å². The molecule has 0 bridgehead atoms. The minimum absolute atomic E-state index is 0.0943. The third kappa shape index (κ3) is 4.29. The quantitative estimate of drug-likeness (QED) is 0.483. The van der Waals surface area contributed by atoms with Crippen LogP contribution in [0.2, 0.25) is 0 Å². The maximum Gasteiger partial charge on any atom is 0.264 e. The molecule has 0 aromatic carbocycles. The summed E-state index contributed by atoms with van der Waals surface area (Å²) in [6.07, 6.45) is 0.883. The summed E-state index contributed by atoms with van der Waals surface area (Å²) in [5.41, 5.74) is 0. The van der Waals surface area contributed by atoms with Crippen molar-refractivity contribution in [3.63, 3.8) is 0 Å². The van der Waals surface area contributed by atoms with E-state index in [9.17, 15) is 13.5 Å². The Hall–Kier alpha value is -0.440. The number of nitrogens with zero attached hydrogens (tertiary/aromatic N) is 1. The largest absolute Gasteiger partial charge is 0.494 e. The molecule has 0 saturated carbocycles. The SMILES string of the molecule is O=S(=O)(O)CCCCn1c(O)csc1=S. The third-order valence-electron chi connectivity index (χ3n) is 1.80. The zero-order valence-corrected chi connectivity index (χ0v) is 10.2. The number of hydrogen-bond donors (Lipinski definition) is 2. The van der Waals surface area contributed by atoms with E-state index < -0.39 is 10.1 Å². The zero-order chi connectivity index (χ0) is 11.5. The lowest BCUT2D eigenvalue weighted by Crippen LogP contribution is -2.05. The fourth-order valence-corrected chi connectivity index (χ4v) is 2.63. The maximum absolute atomic E-state index is 10.4. The molecule has 5 nitrogen and oxygen atoms in total. The smallest absolute Gasteiger partial charge is 0.264 e. The number of hydrogen-bond acceptors (Lipinski definition) is 5. The first kappa shape index (κ1) is 12.6. The summed E-state index contributed by atoms with van der Waals surface area (Å²) < 4.78 is 31.4. The molecule has 0 aliphatic rings. The van der Waals surface area contributed by atoms with E-state index in [2.05, 4.69) is 0 Å². The molecule has 1 heterocycles. The molecule has 0 radical (unpaired) electrons. The van der Waals surface area contributed by atoms with Gasteiger partial charge in [0.25, 0.3) is 10.1 Å². The van der Waals surface area contributed by atoms with Crippen LogP contribution in [0.15, 0.2) is 5.38 Å². The summed E-state index contributed by atoms with van der Waals surface area (Å²) in [6.45, 7) is 0.462. The van der Waals surface area contributed by atoms with E-state index in [-0.39, 0.29) is 11.6 Å². The van der Waals surface area contributed by atoms with Crippen LogP contribution >= 0.6 is 23.6 Å². The highest BCUT2D eigenvalue weighted by atomic mass is 32.2. The Balaban J connectivity index is 2.42. The van der Waals surface area contributed by atoms with Crippen LogP contribution in [0.3, 0.4) is 0 Å². The van der Waals surface area contributed by atoms with Crippen molar-refractivity contribution in [1.82, 2.24) is 4.57 Å². The van der Waals surface area contributed by atoms with Gasteiger partial charge in [0, 0.05) is 6.54 Å². The Morgan fingerprint density at radius 1 is 1.47 bits per heavy atom. The van der Waals surface area contributed by atoms with Crippen molar-refractivity contribution in [2.75, 3.05) is 5.75 Å². The fraction of sp³-hybridized carbons (Fsp3) is 0.571. The Kier molecular flexibility index (Phi) is 4.26. The van der Waals surface area contributed by atoms with Crippen LogP contribution in [0.5, 0.6) is 5.88 Å². The van der Waals surface area contributed by atoms with Crippen molar-refractivity contribution in [2.24, 2.45) is 0 Å². The van der Waals surface area contributed by atoms with Crippen molar-refractivity contribution < 1.29 is 18.1 Å². The molecule has 0 spiro atoms. The first-order valence-electron chi connectivity index (χ1n) is 4.22. The van der Waals surface area contributed by atoms with Crippen LogP contribution in [0, 0.1) is 3.95 Å². The summed E-state index contributed by atoms with van der Waals surface area (Å²) in [7, 11) is -3.88. The van der Waals surface area contributed by atoms with Gasteiger partial charge < -0.3 is 5.11 Å². The number of aromatic nitrogens is 1. The van der Waals surface area contributed by atoms with Gasteiger partial charge in [-0.3, -0.25) is 9.12 Å². The summed E-state index contributed by atoms with van der Waals surface area (Å²) >= 11 is 6.20. The molecule has 1 rings (SSSR count). The van der Waals surface area contributed by atoms with Crippen molar-refractivity contribution in [2.45, 2.75) is 19.4 Å². The van der Waals surface area contributed by atoms with Gasteiger partial charge in [-0.1, -0.05) is 0 Å². The Morgan fingerprint density at radius 2 is 2.13 bits per heavy atom. The molecule has 86 valence electrons. The van der Waals surface area contributed by atoms with Gasteiger partial charge in [0.1, 0.15) is 0 Å². The van der Waals surface area contributed by atoms with Gasteiger partial charge in [-0.15, -0.1) is 11.3 Å². The minimum Gasteiger partial charge on any atom is -0.494 e. The average Bonchev–Trinajstić information content (AvgIpc) is 2.40. The van der Waals surface area contributed by atoms with Crippen molar-refractivity contribution in [1.29, 1.82) is 0 Å². The maximum atomic E-state index is 10.4. The van der Waals surface area contributed by atoms with Gasteiger partial charge >= 0.3 is 0 Å². The first-order chi connectivity index (χ1) is 6.90. The fourth-order valence-electron chi connectivity index (χ4n) is 1.08. The van der Waals surface area contributed by atoms with Crippen LogP contribution in [-0.2, 0) is 16.7 Å². The van der Waals surface area contributed by atoms with Crippen LogP contribution in [0.1, 0.15) is 12.8 Å². The van der Waals surface area contributed by atoms with Gasteiger partial charge in [-0.2, -0.15) is 8.42 Å². The molecule has 2 N–H and O–H groups in total. The van der Waals surface area contributed by atoms with Crippen LogP contribution < -0.4 is 0 Å². The molecule has 0 atom stereocenters. The van der Waals surface area contributed by atoms with Crippen LogP contribution in [0.25, 0.3) is 0 Å². The second-order valence-electron chi connectivity index (χ2n) is 3.00. The predicted octanol–water partition coefficient (Wildman–Crippen LogP) is 1.65. The summed E-state index contributed by atoms with van der Waals surface area (Å²) in [4.78, 5) is 0. The van der Waals surface area contributed by atoms with E-state index in [1.54, 1.807) is 0 Å². The lowest BCUT2D eigenvalue weighted by Gasteiger charge is -2.03. The highest BCUT2D eigenvalue weighted by molar-refractivity contribution is 7.85. The molecule has 0 amide bonds. The van der Waals surface area contributed by atoms with Gasteiger partial charge in [0.05, 0.1) is 11.1 Å². The molecule has 0 fully saturated rings. The van der Waals surface area contributed by atoms with E-state index in [0.29, 0.717) is 23.3 Å². The second-order valence-corrected chi connectivity index (χ2v) is 6.08. The Labute approximate surface area is 96.7 Å². The average molecular weight is 269 g/mol. The molecule has 0 unspecified atom stereocenters. The summed E-state index contributed by atoms with van der Waals surface area (Å²) in [6, 6.07) is 0. The molecular formula is C7H11NO4S3. The highest BCUT2D eigenvalue weighted by Gasteiger charge is 2.05. The summed E-state index contributed by atoms with van der Waals surface area (Å²) in [5, 5.41) is 10.9. The minimum atomic E-state index is -3.88. The van der Waals surface area contributed by atoms with Gasteiger partial charge in [0.15, 0.2) is 3.95 Å². The normalized spacial score (nSPS) is 11.8.